The number of nitrogens with zero attached hydrogens (tertiary/aromatic N) is 1. The number of hydrogen-bond donors (Lipinski definition) is 1. The maximum Gasteiger partial charge on any atom is 0.234 e. The molecular weight excluding hydrogens is 228 g/mol. The molecule has 0 aromatic heterocycles. The van der Waals surface area contributed by atoms with E-state index >= 15 is 0 Å². The molecule has 1 saturated heterocycles. The molecule has 1 atom stereocenters. The Kier molecular flexibility index (Phi) is 3.21. The van der Waals surface area contributed by atoms with E-state index in [2.05, 4.69) is 5.32 Å². The van der Waals surface area contributed by atoms with Gasteiger partial charge in [-0.3, -0.25) is 9.69 Å². The minimum atomic E-state index is -2.88. The predicted octanol–water partition coefficient (Wildman–Crippen LogP) is -0.616. The van der Waals surface area contributed by atoms with E-state index in [1.807, 2.05) is 11.8 Å². The zero-order valence-electron chi connectivity index (χ0n) is 9.48. The molecule has 1 heterocycles. The van der Waals surface area contributed by atoms with Crippen LogP contribution in [0.1, 0.15) is 19.8 Å². The zero-order chi connectivity index (χ0) is 11.8. The molecule has 16 heavy (non-hydrogen) atoms. The van der Waals surface area contributed by atoms with Crippen molar-refractivity contribution < 1.29 is 13.2 Å². The van der Waals surface area contributed by atoms with Crippen LogP contribution < -0.4 is 5.32 Å². The van der Waals surface area contributed by atoms with Crippen LogP contribution in [-0.4, -0.2) is 55.9 Å². The third kappa shape index (κ3) is 3.18. The van der Waals surface area contributed by atoms with E-state index in [0.29, 0.717) is 19.1 Å². The summed E-state index contributed by atoms with van der Waals surface area (Å²) in [6, 6.07) is 0.319. The zero-order valence-corrected chi connectivity index (χ0v) is 10.3. The Morgan fingerprint density at radius 3 is 2.69 bits per heavy atom. The molecule has 1 N–H and O–H groups in total. The normalized spacial score (nSPS) is 29.9. The van der Waals surface area contributed by atoms with Gasteiger partial charge in [-0.05, 0) is 19.8 Å². The van der Waals surface area contributed by atoms with Crippen molar-refractivity contribution in [3.63, 3.8) is 0 Å². The van der Waals surface area contributed by atoms with Gasteiger partial charge in [0.15, 0.2) is 9.84 Å². The summed E-state index contributed by atoms with van der Waals surface area (Å²) in [6.45, 7) is 2.66. The van der Waals surface area contributed by atoms with E-state index < -0.39 is 9.84 Å². The quantitative estimate of drug-likeness (QED) is 0.721. The Morgan fingerprint density at radius 2 is 2.12 bits per heavy atom. The SMILES string of the molecule is CC1CS(=O)(=O)CCN1CC(=O)NC1CC1. The van der Waals surface area contributed by atoms with Crippen LogP contribution in [0, 0.1) is 0 Å². The van der Waals surface area contributed by atoms with Crippen LogP contribution in [0.4, 0.5) is 0 Å². The van der Waals surface area contributed by atoms with Gasteiger partial charge in [0.2, 0.25) is 5.91 Å². The van der Waals surface area contributed by atoms with E-state index in [1.165, 1.54) is 0 Å². The van der Waals surface area contributed by atoms with Crippen LogP contribution in [0.15, 0.2) is 0 Å². The summed E-state index contributed by atoms with van der Waals surface area (Å²) in [7, 11) is -2.88. The maximum absolute atomic E-state index is 11.6. The minimum absolute atomic E-state index is 0.0219. The first-order chi connectivity index (χ1) is 7.46. The summed E-state index contributed by atoms with van der Waals surface area (Å²) in [5.74, 6) is 0.367. The number of carbonyl (C=O) groups is 1. The van der Waals surface area contributed by atoms with Crippen molar-refractivity contribution in [1.82, 2.24) is 10.2 Å². The molecule has 6 heteroatoms. The van der Waals surface area contributed by atoms with Gasteiger partial charge in [0, 0.05) is 18.6 Å². The summed E-state index contributed by atoms with van der Waals surface area (Å²) < 4.78 is 22.7. The van der Waals surface area contributed by atoms with Gasteiger partial charge in [0.1, 0.15) is 0 Å². The second-order valence-corrected chi connectivity index (χ2v) is 7.00. The smallest absolute Gasteiger partial charge is 0.234 e. The molecule has 1 amide bonds. The molecule has 0 aromatic carbocycles. The van der Waals surface area contributed by atoms with Gasteiger partial charge in [-0.15, -0.1) is 0 Å². The van der Waals surface area contributed by atoms with Crippen LogP contribution in [0.2, 0.25) is 0 Å². The second kappa shape index (κ2) is 4.33. The van der Waals surface area contributed by atoms with Crippen LogP contribution in [0.3, 0.4) is 0 Å². The van der Waals surface area contributed by atoms with E-state index in [1.54, 1.807) is 0 Å². The summed E-state index contributed by atoms with van der Waals surface area (Å²) >= 11 is 0. The molecule has 1 aliphatic heterocycles. The van der Waals surface area contributed by atoms with Crippen molar-refractivity contribution in [2.24, 2.45) is 0 Å². The average Bonchev–Trinajstić information content (AvgIpc) is 2.93. The van der Waals surface area contributed by atoms with Gasteiger partial charge in [-0.25, -0.2) is 8.42 Å². The first-order valence-electron chi connectivity index (χ1n) is 5.70. The highest BCUT2D eigenvalue weighted by atomic mass is 32.2. The summed E-state index contributed by atoms with van der Waals surface area (Å²) in [6.07, 6.45) is 2.16. The Bertz CT molecular complexity index is 376. The fourth-order valence-corrected chi connectivity index (χ4v) is 3.58. The van der Waals surface area contributed by atoms with Crippen molar-refractivity contribution in [3.05, 3.63) is 0 Å². The van der Waals surface area contributed by atoms with Crippen molar-refractivity contribution in [1.29, 1.82) is 0 Å². The molecule has 5 nitrogen and oxygen atoms in total. The molecule has 1 saturated carbocycles. The van der Waals surface area contributed by atoms with Crippen LogP contribution in [-0.2, 0) is 14.6 Å². The Morgan fingerprint density at radius 1 is 1.44 bits per heavy atom. The van der Waals surface area contributed by atoms with Crippen molar-refractivity contribution in [2.75, 3.05) is 24.6 Å². The van der Waals surface area contributed by atoms with Crippen LogP contribution in [0.5, 0.6) is 0 Å². The number of carbonyl (C=O) groups excluding carboxylic acids is 1. The third-order valence-electron chi connectivity index (χ3n) is 3.10. The lowest BCUT2D eigenvalue weighted by Gasteiger charge is -2.32. The summed E-state index contributed by atoms with van der Waals surface area (Å²) in [5.41, 5.74) is 0. The molecule has 0 spiro atoms. The molecular formula is C10H18N2O3S. The Hall–Kier alpha value is -0.620. The van der Waals surface area contributed by atoms with Crippen molar-refractivity contribution in [2.45, 2.75) is 31.8 Å². The lowest BCUT2D eigenvalue weighted by atomic mass is 10.3. The van der Waals surface area contributed by atoms with Crippen molar-refractivity contribution >= 4 is 15.7 Å². The lowest BCUT2D eigenvalue weighted by Crippen LogP contribution is -2.50. The molecule has 2 rings (SSSR count). The number of hydrogen-bond acceptors (Lipinski definition) is 4. The first-order valence-corrected chi connectivity index (χ1v) is 7.52. The van der Waals surface area contributed by atoms with Crippen LogP contribution >= 0.6 is 0 Å². The Balaban J connectivity index is 1.83. The third-order valence-corrected chi connectivity index (χ3v) is 4.89. The van der Waals surface area contributed by atoms with E-state index in [0.717, 1.165) is 12.8 Å². The summed E-state index contributed by atoms with van der Waals surface area (Å²) in [5, 5.41) is 2.91. The number of amides is 1. The summed E-state index contributed by atoms with van der Waals surface area (Å²) in [4.78, 5) is 13.5. The van der Waals surface area contributed by atoms with Gasteiger partial charge >= 0.3 is 0 Å². The highest BCUT2D eigenvalue weighted by molar-refractivity contribution is 7.91. The average molecular weight is 246 g/mol. The molecule has 2 fully saturated rings. The standard InChI is InChI=1S/C10H18N2O3S/c1-8-7-16(14,15)5-4-12(8)6-10(13)11-9-2-3-9/h8-9H,2-7H2,1H3,(H,11,13). The monoisotopic (exact) mass is 246 g/mol. The van der Waals surface area contributed by atoms with Gasteiger partial charge in [-0.1, -0.05) is 0 Å². The van der Waals surface area contributed by atoms with Gasteiger partial charge in [0.05, 0.1) is 18.1 Å². The Labute approximate surface area is 96.1 Å². The van der Waals surface area contributed by atoms with E-state index in [-0.39, 0.29) is 23.5 Å². The number of sulfone groups is 1. The number of rotatable bonds is 3. The fraction of sp³-hybridized carbons (Fsp3) is 0.900. The van der Waals surface area contributed by atoms with Gasteiger partial charge in [0.25, 0.3) is 0 Å². The molecule has 1 unspecified atom stereocenters. The fourth-order valence-electron chi connectivity index (χ4n) is 1.95. The highest BCUT2D eigenvalue weighted by Crippen LogP contribution is 2.18. The molecule has 2 aliphatic rings. The van der Waals surface area contributed by atoms with Gasteiger partial charge in [-0.2, -0.15) is 0 Å². The second-order valence-electron chi connectivity index (χ2n) is 4.78. The largest absolute Gasteiger partial charge is 0.352 e. The van der Waals surface area contributed by atoms with E-state index in [4.69, 9.17) is 0 Å². The number of nitrogens with one attached hydrogen (secondary N) is 1. The lowest BCUT2D eigenvalue weighted by molar-refractivity contribution is -0.122. The molecule has 0 radical (unpaired) electrons. The molecule has 0 aromatic rings. The maximum atomic E-state index is 11.6. The molecule has 92 valence electrons. The van der Waals surface area contributed by atoms with E-state index in [9.17, 15) is 13.2 Å². The topological polar surface area (TPSA) is 66.5 Å². The van der Waals surface area contributed by atoms with Crippen molar-refractivity contribution in [3.8, 4) is 0 Å². The minimum Gasteiger partial charge on any atom is -0.352 e. The van der Waals surface area contributed by atoms with Gasteiger partial charge < -0.3 is 5.32 Å². The van der Waals surface area contributed by atoms with Crippen LogP contribution in [0.25, 0.3) is 0 Å². The predicted molar refractivity (Wildman–Crippen MR) is 60.9 cm³/mol. The molecule has 1 aliphatic carbocycles. The molecule has 0 bridgehead atoms. The highest BCUT2D eigenvalue weighted by Gasteiger charge is 2.30. The first kappa shape index (κ1) is 11.9.